The van der Waals surface area contributed by atoms with Crippen LogP contribution in [0.25, 0.3) is 22.3 Å². The van der Waals surface area contributed by atoms with Gasteiger partial charge in [0.1, 0.15) is 17.2 Å². The van der Waals surface area contributed by atoms with Crippen molar-refractivity contribution in [2.24, 2.45) is 5.92 Å². The number of nitrogens with one attached hydrogen (secondary N) is 1. The van der Waals surface area contributed by atoms with Gasteiger partial charge in [0, 0.05) is 29.7 Å². The van der Waals surface area contributed by atoms with Crippen molar-refractivity contribution >= 4 is 22.6 Å². The summed E-state index contributed by atoms with van der Waals surface area (Å²) in [7, 11) is 0. The van der Waals surface area contributed by atoms with Gasteiger partial charge in [0.05, 0.1) is 5.69 Å². The number of hydrogen-bond donors (Lipinski definition) is 1. The number of carbonyl (C=O) groups is 1. The molecule has 1 N–H and O–H groups in total. The van der Waals surface area contributed by atoms with E-state index in [0.29, 0.717) is 17.7 Å². The average Bonchev–Trinajstić information content (AvgIpc) is 3.07. The summed E-state index contributed by atoms with van der Waals surface area (Å²) in [6, 6.07) is 14.2. The van der Waals surface area contributed by atoms with Gasteiger partial charge in [-0.05, 0) is 30.3 Å². The Morgan fingerprint density at radius 2 is 2.00 bits per heavy atom. The number of fused-ring (bicyclic) bond motifs is 1. The second kappa shape index (κ2) is 7.88. The second-order valence-corrected chi connectivity index (χ2v) is 6.14. The van der Waals surface area contributed by atoms with E-state index >= 15 is 0 Å². The smallest absolute Gasteiger partial charge is 0.228 e. The van der Waals surface area contributed by atoms with E-state index in [-0.39, 0.29) is 17.5 Å². The monoisotopic (exact) mass is 349 g/mol. The molecule has 1 aromatic heterocycles. The molecule has 0 saturated heterocycles. The third-order valence-electron chi connectivity index (χ3n) is 4.09. The predicted octanol–water partition coefficient (Wildman–Crippen LogP) is 5.62. The Hall–Kier alpha value is -3.06. The molecule has 4 heteroatoms. The van der Waals surface area contributed by atoms with E-state index in [4.69, 9.17) is 4.42 Å². The molecule has 1 atom stereocenters. The highest BCUT2D eigenvalue weighted by Gasteiger charge is 2.15. The Balaban J connectivity index is 1.76. The maximum atomic E-state index is 14.4. The molecule has 0 fully saturated rings. The Morgan fingerprint density at radius 3 is 2.73 bits per heavy atom. The highest BCUT2D eigenvalue weighted by Crippen LogP contribution is 2.30. The van der Waals surface area contributed by atoms with E-state index in [2.05, 4.69) is 17.2 Å². The summed E-state index contributed by atoms with van der Waals surface area (Å²) in [6.07, 6.45) is 1.21. The molecule has 26 heavy (non-hydrogen) atoms. The van der Waals surface area contributed by atoms with Crippen LogP contribution < -0.4 is 5.32 Å². The Labute approximate surface area is 152 Å². The lowest BCUT2D eigenvalue weighted by Crippen LogP contribution is -2.20. The molecule has 1 heterocycles. The summed E-state index contributed by atoms with van der Waals surface area (Å²) in [5.41, 5.74) is 1.53. The van der Waals surface area contributed by atoms with Gasteiger partial charge in [-0.15, -0.1) is 11.8 Å². The number of benzene rings is 2. The van der Waals surface area contributed by atoms with Gasteiger partial charge >= 0.3 is 0 Å². The third-order valence-corrected chi connectivity index (χ3v) is 4.09. The van der Waals surface area contributed by atoms with Crippen LogP contribution in [0.15, 0.2) is 52.9 Å². The third kappa shape index (κ3) is 3.94. The summed E-state index contributed by atoms with van der Waals surface area (Å²) >= 11 is 0. The lowest BCUT2D eigenvalue weighted by Gasteiger charge is -2.11. The van der Waals surface area contributed by atoms with Crippen LogP contribution in [0.1, 0.15) is 26.7 Å². The fourth-order valence-corrected chi connectivity index (χ4v) is 2.59. The van der Waals surface area contributed by atoms with Crippen molar-refractivity contribution in [2.75, 3.05) is 5.32 Å². The number of carbonyl (C=O) groups excluding carboxylic acids is 1. The van der Waals surface area contributed by atoms with E-state index in [9.17, 15) is 9.18 Å². The van der Waals surface area contributed by atoms with Crippen molar-refractivity contribution in [1.82, 2.24) is 0 Å². The summed E-state index contributed by atoms with van der Waals surface area (Å²) in [6.45, 7) is 3.73. The molecule has 0 bridgehead atoms. The van der Waals surface area contributed by atoms with Gasteiger partial charge in [-0.25, -0.2) is 4.39 Å². The van der Waals surface area contributed by atoms with Crippen LogP contribution in [0.2, 0.25) is 0 Å². The maximum absolute atomic E-state index is 14.4. The van der Waals surface area contributed by atoms with Crippen LogP contribution in [0.5, 0.6) is 0 Å². The molecule has 0 spiro atoms. The van der Waals surface area contributed by atoms with Crippen molar-refractivity contribution < 1.29 is 13.6 Å². The van der Waals surface area contributed by atoms with Gasteiger partial charge in [0.25, 0.3) is 0 Å². The molecule has 3 nitrogen and oxygen atoms in total. The zero-order valence-electron chi connectivity index (χ0n) is 14.8. The molecule has 2 aromatic carbocycles. The van der Waals surface area contributed by atoms with Crippen molar-refractivity contribution in [2.45, 2.75) is 26.7 Å². The van der Waals surface area contributed by atoms with Crippen LogP contribution in [0.4, 0.5) is 10.1 Å². The zero-order valence-corrected chi connectivity index (χ0v) is 14.8. The van der Waals surface area contributed by atoms with Crippen LogP contribution in [-0.2, 0) is 4.79 Å². The highest BCUT2D eigenvalue weighted by atomic mass is 19.1. The normalized spacial score (nSPS) is 11.7. The molecule has 3 rings (SSSR count). The van der Waals surface area contributed by atoms with E-state index < -0.39 is 5.82 Å². The minimum Gasteiger partial charge on any atom is -0.456 e. The van der Waals surface area contributed by atoms with Gasteiger partial charge < -0.3 is 9.73 Å². The van der Waals surface area contributed by atoms with Gasteiger partial charge in [-0.1, -0.05) is 32.0 Å². The summed E-state index contributed by atoms with van der Waals surface area (Å²) in [5, 5.41) is 3.59. The second-order valence-electron chi connectivity index (χ2n) is 6.14. The number of amides is 1. The van der Waals surface area contributed by atoms with E-state index in [0.717, 1.165) is 17.4 Å². The van der Waals surface area contributed by atoms with Gasteiger partial charge in [-0.2, -0.15) is 0 Å². The summed E-state index contributed by atoms with van der Waals surface area (Å²) in [4.78, 5) is 12.2. The molecule has 1 unspecified atom stereocenters. The minimum absolute atomic E-state index is 0.158. The maximum Gasteiger partial charge on any atom is 0.228 e. The number of rotatable bonds is 4. The highest BCUT2D eigenvalue weighted by molar-refractivity contribution is 5.93. The van der Waals surface area contributed by atoms with Gasteiger partial charge in [-0.3, -0.25) is 4.79 Å². The Kier molecular flexibility index (Phi) is 5.38. The van der Waals surface area contributed by atoms with Crippen molar-refractivity contribution in [3.8, 4) is 23.2 Å². The predicted molar refractivity (Wildman–Crippen MR) is 102 cm³/mol. The molecule has 0 radical (unpaired) electrons. The molecular formula is C22H20FNO2. The van der Waals surface area contributed by atoms with Gasteiger partial charge in [0.2, 0.25) is 5.91 Å². The first-order valence-corrected chi connectivity index (χ1v) is 8.63. The molecule has 1 amide bonds. The van der Waals surface area contributed by atoms with Crippen molar-refractivity contribution in [3.63, 3.8) is 0 Å². The van der Waals surface area contributed by atoms with Gasteiger partial charge in [0.15, 0.2) is 0 Å². The molecule has 0 aliphatic heterocycles. The molecule has 0 saturated carbocycles. The first-order chi connectivity index (χ1) is 12.6. The Morgan fingerprint density at radius 1 is 1.19 bits per heavy atom. The number of hydrogen-bond acceptors (Lipinski definition) is 2. The SMILES string of the molecule is CCC#CCC(C)C(=O)Nc1ccc(-c2cc3ccccc3o2)cc1F. The fraction of sp³-hybridized carbons (Fsp3) is 0.227. The molecular weight excluding hydrogens is 329 g/mol. The van der Waals surface area contributed by atoms with Crippen LogP contribution in [-0.4, -0.2) is 5.91 Å². The number of furan rings is 1. The fourth-order valence-electron chi connectivity index (χ4n) is 2.59. The number of para-hydroxylation sites is 1. The number of anilines is 1. The topological polar surface area (TPSA) is 42.2 Å². The van der Waals surface area contributed by atoms with Crippen molar-refractivity contribution in [1.29, 1.82) is 0 Å². The Bertz CT molecular complexity index is 961. The first-order valence-electron chi connectivity index (χ1n) is 8.63. The van der Waals surface area contributed by atoms with E-state index in [1.165, 1.54) is 6.07 Å². The van der Waals surface area contributed by atoms with E-state index in [1.807, 2.05) is 37.3 Å². The molecule has 0 aliphatic rings. The largest absolute Gasteiger partial charge is 0.456 e. The molecule has 0 aliphatic carbocycles. The first kappa shape index (κ1) is 17.8. The lowest BCUT2D eigenvalue weighted by atomic mass is 10.1. The average molecular weight is 349 g/mol. The summed E-state index contributed by atoms with van der Waals surface area (Å²) < 4.78 is 20.2. The van der Waals surface area contributed by atoms with Crippen LogP contribution in [0.3, 0.4) is 0 Å². The zero-order chi connectivity index (χ0) is 18.5. The molecule has 132 valence electrons. The van der Waals surface area contributed by atoms with Crippen molar-refractivity contribution in [3.05, 3.63) is 54.3 Å². The number of halogens is 1. The van der Waals surface area contributed by atoms with Crippen LogP contribution >= 0.6 is 0 Å². The minimum atomic E-state index is -0.497. The van der Waals surface area contributed by atoms with E-state index in [1.54, 1.807) is 19.1 Å². The molecule has 3 aromatic rings. The lowest BCUT2D eigenvalue weighted by molar-refractivity contribution is -0.119. The van der Waals surface area contributed by atoms with Crippen LogP contribution in [0, 0.1) is 23.6 Å². The summed E-state index contributed by atoms with van der Waals surface area (Å²) in [5.74, 6) is 5.42. The standard InChI is InChI=1S/C22H20FNO2/c1-3-4-5-8-15(2)22(25)24-19-12-11-17(13-18(19)23)21-14-16-9-6-7-10-20(16)26-21/h6-7,9-15H,3,8H2,1-2H3,(H,24,25). The quantitative estimate of drug-likeness (QED) is 0.621.